The molecule has 21 heavy (non-hydrogen) atoms. The molecule has 1 atom stereocenters. The van der Waals surface area contributed by atoms with E-state index < -0.39 is 0 Å². The van der Waals surface area contributed by atoms with Crippen molar-refractivity contribution in [2.75, 3.05) is 0 Å². The van der Waals surface area contributed by atoms with Crippen LogP contribution in [0.1, 0.15) is 71.6 Å². The number of hydrogen-bond acceptors (Lipinski definition) is 3. The van der Waals surface area contributed by atoms with E-state index in [4.69, 9.17) is 4.52 Å². The lowest BCUT2D eigenvalue weighted by Gasteiger charge is -2.31. The lowest BCUT2D eigenvalue weighted by molar-refractivity contribution is -0.117. The molecular weight excluding hydrogens is 262 g/mol. The van der Waals surface area contributed by atoms with Gasteiger partial charge in [0.2, 0.25) is 0 Å². The molecule has 116 valence electrons. The van der Waals surface area contributed by atoms with E-state index in [0.717, 1.165) is 42.6 Å². The van der Waals surface area contributed by atoms with Crippen LogP contribution in [-0.4, -0.2) is 10.9 Å². The van der Waals surface area contributed by atoms with Crippen molar-refractivity contribution in [3.8, 4) is 0 Å². The summed E-state index contributed by atoms with van der Waals surface area (Å²) >= 11 is 0. The molecular formula is C18H27NO2. The van der Waals surface area contributed by atoms with Crippen molar-refractivity contribution in [1.29, 1.82) is 0 Å². The average molecular weight is 289 g/mol. The van der Waals surface area contributed by atoms with Crippen molar-refractivity contribution in [2.45, 2.75) is 72.1 Å². The molecule has 0 radical (unpaired) electrons. The third-order valence-electron chi connectivity index (χ3n) is 4.40. The highest BCUT2D eigenvalue weighted by atomic mass is 16.5. The highest BCUT2D eigenvalue weighted by molar-refractivity contribution is 5.95. The summed E-state index contributed by atoms with van der Waals surface area (Å²) in [5, 5.41) is 3.99. The van der Waals surface area contributed by atoms with E-state index in [1.54, 1.807) is 0 Å². The lowest BCUT2D eigenvalue weighted by Crippen LogP contribution is -2.26. The van der Waals surface area contributed by atoms with Gasteiger partial charge in [-0.3, -0.25) is 4.79 Å². The van der Waals surface area contributed by atoms with E-state index >= 15 is 0 Å². The smallest absolute Gasteiger partial charge is 0.158 e. The van der Waals surface area contributed by atoms with Gasteiger partial charge in [0.15, 0.2) is 5.78 Å². The Morgan fingerprint density at radius 1 is 1.38 bits per heavy atom. The number of Topliss-reactive ketones (excluding diaryl/α,β-unsaturated/α-hetero) is 1. The molecule has 1 aromatic rings. The summed E-state index contributed by atoms with van der Waals surface area (Å²) < 4.78 is 5.47. The highest BCUT2D eigenvalue weighted by Crippen LogP contribution is 2.38. The predicted molar refractivity (Wildman–Crippen MR) is 84.2 cm³/mol. The molecule has 0 amide bonds. The Kier molecular flexibility index (Phi) is 4.40. The van der Waals surface area contributed by atoms with Gasteiger partial charge in [-0.2, -0.15) is 0 Å². The zero-order valence-corrected chi connectivity index (χ0v) is 14.0. The minimum atomic E-state index is -0.0519. The molecule has 0 unspecified atom stereocenters. The maximum atomic E-state index is 12.3. The number of nitrogens with zero attached hydrogens (tertiary/aromatic N) is 1. The van der Waals surface area contributed by atoms with E-state index in [9.17, 15) is 4.79 Å². The molecule has 1 aliphatic carbocycles. The Bertz CT molecular complexity index is 548. The Morgan fingerprint density at radius 2 is 2.10 bits per heavy atom. The van der Waals surface area contributed by atoms with Crippen LogP contribution in [0, 0.1) is 5.41 Å². The topological polar surface area (TPSA) is 43.1 Å². The second kappa shape index (κ2) is 5.78. The van der Waals surface area contributed by atoms with Crippen LogP contribution >= 0.6 is 0 Å². The van der Waals surface area contributed by atoms with Gasteiger partial charge in [-0.05, 0) is 43.6 Å². The maximum Gasteiger partial charge on any atom is 0.158 e. The van der Waals surface area contributed by atoms with Gasteiger partial charge < -0.3 is 4.52 Å². The standard InChI is InChI=1S/C18H27NO2/c1-13-8-6-7-9-18(5,11-15(13)20)10-14-12-19-21-16(14)17(2,3)4/h8,12H,6-7,9-11H2,1-5H3/b13-8-/t18-/m0/s1. The number of hydrogen-bond donors (Lipinski definition) is 0. The molecule has 0 N–H and O–H groups in total. The normalized spacial score (nSPS) is 26.9. The zero-order valence-electron chi connectivity index (χ0n) is 14.0. The van der Waals surface area contributed by atoms with Crippen LogP contribution in [0.4, 0.5) is 0 Å². The van der Waals surface area contributed by atoms with Crippen LogP contribution in [0.3, 0.4) is 0 Å². The van der Waals surface area contributed by atoms with E-state index in [-0.39, 0.29) is 16.6 Å². The van der Waals surface area contributed by atoms with E-state index in [0.29, 0.717) is 6.42 Å². The second-order valence-corrected chi connectivity index (χ2v) is 7.80. The Morgan fingerprint density at radius 3 is 2.76 bits per heavy atom. The van der Waals surface area contributed by atoms with Crippen molar-refractivity contribution >= 4 is 5.78 Å². The number of aromatic nitrogens is 1. The molecule has 0 saturated heterocycles. The fourth-order valence-electron chi connectivity index (χ4n) is 3.19. The van der Waals surface area contributed by atoms with Crippen LogP contribution in [0.15, 0.2) is 22.4 Å². The first-order chi connectivity index (χ1) is 9.71. The third kappa shape index (κ3) is 3.84. The van der Waals surface area contributed by atoms with Crippen LogP contribution in [0.5, 0.6) is 0 Å². The van der Waals surface area contributed by atoms with Gasteiger partial charge in [-0.25, -0.2) is 0 Å². The summed E-state index contributed by atoms with van der Waals surface area (Å²) in [7, 11) is 0. The molecule has 1 heterocycles. The summed E-state index contributed by atoms with van der Waals surface area (Å²) in [4.78, 5) is 12.3. The highest BCUT2D eigenvalue weighted by Gasteiger charge is 2.33. The maximum absolute atomic E-state index is 12.3. The number of allylic oxidation sites excluding steroid dienone is 2. The number of carbonyl (C=O) groups excluding carboxylic acids is 1. The minimum absolute atomic E-state index is 0.00183. The van der Waals surface area contributed by atoms with Crippen molar-refractivity contribution < 1.29 is 9.32 Å². The largest absolute Gasteiger partial charge is 0.361 e. The zero-order chi connectivity index (χ0) is 15.7. The summed E-state index contributed by atoms with van der Waals surface area (Å²) in [6.45, 7) is 10.6. The van der Waals surface area contributed by atoms with Gasteiger partial charge in [0.25, 0.3) is 0 Å². The number of rotatable bonds is 2. The SMILES string of the molecule is C/C1=C/CCC[C@@](C)(Cc2cnoc2C(C)(C)C)CC1=O. The van der Waals surface area contributed by atoms with E-state index in [2.05, 4.69) is 38.9 Å². The van der Waals surface area contributed by atoms with Crippen LogP contribution in [0.25, 0.3) is 0 Å². The molecule has 1 aromatic heterocycles. The quantitative estimate of drug-likeness (QED) is 0.798. The molecule has 0 saturated carbocycles. The first-order valence-electron chi connectivity index (χ1n) is 7.85. The van der Waals surface area contributed by atoms with Crippen LogP contribution in [0.2, 0.25) is 0 Å². The second-order valence-electron chi connectivity index (χ2n) is 7.80. The van der Waals surface area contributed by atoms with Gasteiger partial charge in [-0.15, -0.1) is 0 Å². The molecule has 1 aliphatic rings. The van der Waals surface area contributed by atoms with Crippen molar-refractivity contribution in [3.05, 3.63) is 29.2 Å². The fourth-order valence-corrected chi connectivity index (χ4v) is 3.19. The first-order valence-corrected chi connectivity index (χ1v) is 7.85. The number of ketones is 1. The van der Waals surface area contributed by atoms with E-state index in [1.807, 2.05) is 13.1 Å². The van der Waals surface area contributed by atoms with Gasteiger partial charge in [0.1, 0.15) is 5.76 Å². The van der Waals surface area contributed by atoms with Crippen LogP contribution < -0.4 is 0 Å². The molecule has 0 fully saturated rings. The summed E-state index contributed by atoms with van der Waals surface area (Å²) in [5.74, 6) is 1.23. The van der Waals surface area contributed by atoms with Gasteiger partial charge >= 0.3 is 0 Å². The minimum Gasteiger partial charge on any atom is -0.361 e. The number of carbonyl (C=O) groups is 1. The fraction of sp³-hybridized carbons (Fsp3) is 0.667. The van der Waals surface area contributed by atoms with Gasteiger partial charge in [-0.1, -0.05) is 38.9 Å². The van der Waals surface area contributed by atoms with Gasteiger partial charge in [0, 0.05) is 17.4 Å². The first kappa shape index (κ1) is 16.0. The summed E-state index contributed by atoms with van der Waals surface area (Å²) in [6, 6.07) is 0. The average Bonchev–Trinajstić information content (AvgIpc) is 2.80. The molecule has 0 aliphatic heterocycles. The summed E-state index contributed by atoms with van der Waals surface area (Å²) in [6.07, 6.45) is 8.60. The predicted octanol–water partition coefficient (Wildman–Crippen LogP) is 4.61. The molecule has 3 heteroatoms. The Hall–Kier alpha value is -1.38. The Labute approximate surface area is 127 Å². The molecule has 0 aromatic carbocycles. The molecule has 2 rings (SSSR count). The van der Waals surface area contributed by atoms with Crippen LogP contribution in [-0.2, 0) is 16.6 Å². The lowest BCUT2D eigenvalue weighted by atomic mass is 9.72. The van der Waals surface area contributed by atoms with Crippen molar-refractivity contribution in [2.24, 2.45) is 5.41 Å². The van der Waals surface area contributed by atoms with Crippen molar-refractivity contribution in [3.63, 3.8) is 0 Å². The molecule has 3 nitrogen and oxygen atoms in total. The third-order valence-corrected chi connectivity index (χ3v) is 4.40. The monoisotopic (exact) mass is 289 g/mol. The summed E-state index contributed by atoms with van der Waals surface area (Å²) in [5.41, 5.74) is 2.02. The molecule has 0 bridgehead atoms. The molecule has 0 spiro atoms. The Balaban J connectivity index is 2.23. The van der Waals surface area contributed by atoms with E-state index in [1.165, 1.54) is 0 Å². The van der Waals surface area contributed by atoms with Gasteiger partial charge in [0.05, 0.1) is 6.20 Å². The van der Waals surface area contributed by atoms with Crippen molar-refractivity contribution in [1.82, 2.24) is 5.16 Å².